The first-order valence-corrected chi connectivity index (χ1v) is 9.55. The molecule has 126 valence electrons. The van der Waals surface area contributed by atoms with Crippen molar-refractivity contribution >= 4 is 29.6 Å². The summed E-state index contributed by atoms with van der Waals surface area (Å²) in [4.78, 5) is 16.2. The standard InChI is InChI=1S/C15H19FN2O3S2/c16-12-11(3-1-6-17-12)15(22-9-2-10-23-15)14(21)4-7-18(8-5-14)13(19)20/h1,3,6,21H,2,4-5,7-10H2,(H,19,20). The average molecular weight is 358 g/mol. The Kier molecular flexibility index (Phi) is 4.75. The quantitative estimate of drug-likeness (QED) is 0.792. The zero-order valence-corrected chi connectivity index (χ0v) is 14.2. The Bertz CT molecular complexity index is 588. The van der Waals surface area contributed by atoms with Gasteiger partial charge in [0.05, 0.1) is 5.60 Å². The van der Waals surface area contributed by atoms with Crippen LogP contribution < -0.4 is 0 Å². The number of hydrogen-bond acceptors (Lipinski definition) is 5. The fourth-order valence-corrected chi connectivity index (χ4v) is 6.97. The highest BCUT2D eigenvalue weighted by Gasteiger charge is 2.56. The summed E-state index contributed by atoms with van der Waals surface area (Å²) in [6, 6.07) is 3.38. The van der Waals surface area contributed by atoms with Crippen molar-refractivity contribution in [2.45, 2.75) is 28.9 Å². The Morgan fingerprint density at radius 2 is 1.96 bits per heavy atom. The molecule has 0 radical (unpaired) electrons. The maximum Gasteiger partial charge on any atom is 0.407 e. The van der Waals surface area contributed by atoms with Gasteiger partial charge in [0.25, 0.3) is 0 Å². The van der Waals surface area contributed by atoms with Gasteiger partial charge in [-0.05, 0) is 36.8 Å². The Morgan fingerprint density at radius 1 is 1.30 bits per heavy atom. The van der Waals surface area contributed by atoms with Crippen LogP contribution in [0.25, 0.3) is 0 Å². The number of likely N-dealkylation sites (tertiary alicyclic amines) is 1. The number of rotatable bonds is 2. The van der Waals surface area contributed by atoms with Crippen LogP contribution in [0.4, 0.5) is 9.18 Å². The molecule has 0 saturated carbocycles. The predicted molar refractivity (Wildman–Crippen MR) is 89.2 cm³/mol. The van der Waals surface area contributed by atoms with Crippen LogP contribution in [0, 0.1) is 5.95 Å². The van der Waals surface area contributed by atoms with E-state index in [4.69, 9.17) is 5.11 Å². The van der Waals surface area contributed by atoms with Crippen molar-refractivity contribution in [3.8, 4) is 0 Å². The topological polar surface area (TPSA) is 73.7 Å². The van der Waals surface area contributed by atoms with E-state index in [2.05, 4.69) is 4.98 Å². The highest BCUT2D eigenvalue weighted by Crippen LogP contribution is 2.59. The Balaban J connectivity index is 1.97. The highest BCUT2D eigenvalue weighted by molar-refractivity contribution is 8.18. The molecule has 2 aliphatic heterocycles. The molecule has 1 aromatic heterocycles. The number of aromatic nitrogens is 1. The summed E-state index contributed by atoms with van der Waals surface area (Å²) in [5, 5.41) is 20.5. The number of carboxylic acid groups (broad SMARTS) is 1. The fraction of sp³-hybridized carbons (Fsp3) is 0.600. The number of halogens is 1. The summed E-state index contributed by atoms with van der Waals surface area (Å²) in [7, 11) is 0. The van der Waals surface area contributed by atoms with E-state index in [1.54, 1.807) is 35.7 Å². The first kappa shape index (κ1) is 16.9. The number of hydrogen-bond donors (Lipinski definition) is 2. The molecular formula is C15H19FN2O3S2. The molecule has 23 heavy (non-hydrogen) atoms. The average Bonchev–Trinajstić information content (AvgIpc) is 2.56. The van der Waals surface area contributed by atoms with Crippen LogP contribution in [0.3, 0.4) is 0 Å². The van der Waals surface area contributed by atoms with Crippen LogP contribution in [-0.2, 0) is 4.08 Å². The molecule has 3 rings (SSSR count). The second-order valence-corrected chi connectivity index (χ2v) is 8.69. The second kappa shape index (κ2) is 6.49. The minimum absolute atomic E-state index is 0.261. The number of piperidine rings is 1. The summed E-state index contributed by atoms with van der Waals surface area (Å²) in [6.07, 6.45) is 2.04. The fourth-order valence-electron chi connectivity index (χ4n) is 3.24. The number of thioether (sulfide) groups is 2. The number of carbonyl (C=O) groups is 1. The van der Waals surface area contributed by atoms with Crippen molar-refractivity contribution in [2.75, 3.05) is 24.6 Å². The van der Waals surface area contributed by atoms with Gasteiger partial charge < -0.3 is 15.1 Å². The van der Waals surface area contributed by atoms with E-state index >= 15 is 0 Å². The molecule has 0 spiro atoms. The smallest absolute Gasteiger partial charge is 0.407 e. The van der Waals surface area contributed by atoms with Gasteiger partial charge in [-0.3, -0.25) is 0 Å². The normalized spacial score (nSPS) is 23.5. The van der Waals surface area contributed by atoms with Crippen LogP contribution in [0.15, 0.2) is 18.3 Å². The molecule has 2 saturated heterocycles. The van der Waals surface area contributed by atoms with E-state index in [1.165, 1.54) is 11.1 Å². The third-order valence-electron chi connectivity index (χ3n) is 4.49. The molecule has 1 amide bonds. The van der Waals surface area contributed by atoms with Crippen LogP contribution in [0.1, 0.15) is 24.8 Å². The zero-order valence-electron chi connectivity index (χ0n) is 12.6. The van der Waals surface area contributed by atoms with Gasteiger partial charge in [0.15, 0.2) is 0 Å². The van der Waals surface area contributed by atoms with Crippen LogP contribution >= 0.6 is 23.5 Å². The molecule has 2 N–H and O–H groups in total. The number of amides is 1. The summed E-state index contributed by atoms with van der Waals surface area (Å²) < 4.78 is 13.6. The molecule has 0 aromatic carbocycles. The lowest BCUT2D eigenvalue weighted by molar-refractivity contribution is -0.0280. The molecular weight excluding hydrogens is 339 g/mol. The Morgan fingerprint density at radius 3 is 2.52 bits per heavy atom. The van der Waals surface area contributed by atoms with Gasteiger partial charge in [0, 0.05) is 24.8 Å². The van der Waals surface area contributed by atoms with Gasteiger partial charge in [-0.1, -0.05) is 6.07 Å². The molecule has 2 aliphatic rings. The summed E-state index contributed by atoms with van der Waals surface area (Å²) in [6.45, 7) is 0.521. The minimum atomic E-state index is -1.15. The van der Waals surface area contributed by atoms with E-state index in [-0.39, 0.29) is 13.1 Å². The summed E-state index contributed by atoms with van der Waals surface area (Å²) in [5.74, 6) is 1.13. The van der Waals surface area contributed by atoms with Gasteiger partial charge in [-0.15, -0.1) is 23.5 Å². The van der Waals surface area contributed by atoms with Gasteiger partial charge >= 0.3 is 6.09 Å². The van der Waals surface area contributed by atoms with Crippen LogP contribution in [0.2, 0.25) is 0 Å². The number of nitrogens with zero attached hydrogens (tertiary/aromatic N) is 2. The molecule has 5 nitrogen and oxygen atoms in total. The Hall–Kier alpha value is -0.990. The van der Waals surface area contributed by atoms with Crippen molar-refractivity contribution in [1.82, 2.24) is 9.88 Å². The van der Waals surface area contributed by atoms with Crippen molar-refractivity contribution in [2.24, 2.45) is 0 Å². The first-order valence-electron chi connectivity index (χ1n) is 7.58. The van der Waals surface area contributed by atoms with Crippen LogP contribution in [-0.4, -0.2) is 56.4 Å². The first-order chi connectivity index (χ1) is 11.0. The molecule has 0 atom stereocenters. The Labute approximate surface area is 142 Å². The summed E-state index contributed by atoms with van der Waals surface area (Å²) >= 11 is 3.12. The molecule has 0 bridgehead atoms. The SMILES string of the molecule is O=C(O)N1CCC(O)(C2(c3cccnc3F)SCCCS2)CC1. The van der Waals surface area contributed by atoms with E-state index in [0.29, 0.717) is 18.4 Å². The lowest BCUT2D eigenvalue weighted by Gasteiger charge is -2.51. The third-order valence-corrected chi connectivity index (χ3v) is 8.19. The third kappa shape index (κ3) is 2.92. The molecule has 0 aliphatic carbocycles. The largest absolute Gasteiger partial charge is 0.465 e. The van der Waals surface area contributed by atoms with E-state index in [9.17, 15) is 14.3 Å². The maximum atomic E-state index is 14.4. The molecule has 8 heteroatoms. The van der Waals surface area contributed by atoms with Crippen molar-refractivity contribution in [3.05, 3.63) is 29.8 Å². The van der Waals surface area contributed by atoms with E-state index in [0.717, 1.165) is 17.9 Å². The molecule has 3 heterocycles. The van der Waals surface area contributed by atoms with Gasteiger partial charge in [-0.2, -0.15) is 4.39 Å². The van der Waals surface area contributed by atoms with Crippen LogP contribution in [0.5, 0.6) is 0 Å². The molecule has 2 fully saturated rings. The highest BCUT2D eigenvalue weighted by atomic mass is 32.2. The van der Waals surface area contributed by atoms with Gasteiger partial charge in [-0.25, -0.2) is 9.78 Å². The summed E-state index contributed by atoms with van der Waals surface area (Å²) in [5.41, 5.74) is -0.737. The van der Waals surface area contributed by atoms with Gasteiger partial charge in [0.1, 0.15) is 4.08 Å². The predicted octanol–water partition coefficient (Wildman–Crippen LogP) is 2.75. The molecule has 1 aromatic rings. The lowest BCUT2D eigenvalue weighted by Crippen LogP contribution is -2.56. The van der Waals surface area contributed by atoms with E-state index in [1.807, 2.05) is 0 Å². The zero-order chi connectivity index (χ0) is 16.5. The van der Waals surface area contributed by atoms with E-state index < -0.39 is 21.7 Å². The minimum Gasteiger partial charge on any atom is -0.465 e. The molecule has 0 unspecified atom stereocenters. The van der Waals surface area contributed by atoms with Crippen molar-refractivity contribution in [1.29, 1.82) is 0 Å². The van der Waals surface area contributed by atoms with Gasteiger partial charge in [0.2, 0.25) is 5.95 Å². The van der Waals surface area contributed by atoms with Crippen molar-refractivity contribution in [3.63, 3.8) is 0 Å². The second-order valence-electron chi connectivity index (χ2n) is 5.81. The monoisotopic (exact) mass is 358 g/mol. The lowest BCUT2D eigenvalue weighted by atomic mass is 9.84. The number of aliphatic hydroxyl groups is 1. The maximum absolute atomic E-state index is 14.4. The number of pyridine rings is 1. The van der Waals surface area contributed by atoms with Crippen molar-refractivity contribution < 1.29 is 19.4 Å².